The van der Waals surface area contributed by atoms with Crippen molar-refractivity contribution in [1.82, 2.24) is 9.62 Å². The maximum absolute atomic E-state index is 12.2. The van der Waals surface area contributed by atoms with Crippen molar-refractivity contribution in [3.8, 4) is 0 Å². The van der Waals surface area contributed by atoms with Gasteiger partial charge in [-0.05, 0) is 18.2 Å². The van der Waals surface area contributed by atoms with Crippen molar-refractivity contribution in [3.05, 3.63) is 28.8 Å². The molecule has 0 unspecified atom stereocenters. The molecule has 110 valence electrons. The van der Waals surface area contributed by atoms with Crippen molar-refractivity contribution >= 4 is 33.5 Å². The standard InChI is InChI=1S/C11H13ClN2O5S/c1-13-10(15)6-14(2)20(18,19)9-5-7(11(16)17)3-4-8(9)12/h3-5H,6H2,1-2H3,(H,13,15)(H,16,17). The highest BCUT2D eigenvalue weighted by molar-refractivity contribution is 7.89. The second-order valence-electron chi connectivity index (χ2n) is 3.88. The van der Waals surface area contributed by atoms with Crippen LogP contribution >= 0.6 is 11.6 Å². The van der Waals surface area contributed by atoms with E-state index in [2.05, 4.69) is 5.32 Å². The summed E-state index contributed by atoms with van der Waals surface area (Å²) in [6.45, 7) is -0.396. The number of hydrogen-bond acceptors (Lipinski definition) is 4. The number of likely N-dealkylation sites (N-methyl/N-ethyl adjacent to an activating group) is 2. The molecule has 0 aliphatic rings. The average molecular weight is 321 g/mol. The smallest absolute Gasteiger partial charge is 0.335 e. The molecule has 1 aromatic carbocycles. The molecule has 1 aromatic rings. The van der Waals surface area contributed by atoms with Gasteiger partial charge in [-0.1, -0.05) is 11.6 Å². The van der Waals surface area contributed by atoms with Gasteiger partial charge in [-0.25, -0.2) is 13.2 Å². The van der Waals surface area contributed by atoms with Crippen LogP contribution < -0.4 is 5.32 Å². The Kier molecular flexibility index (Phi) is 5.09. The van der Waals surface area contributed by atoms with Crippen molar-refractivity contribution in [2.45, 2.75) is 4.90 Å². The zero-order valence-electron chi connectivity index (χ0n) is 10.8. The third-order valence-electron chi connectivity index (χ3n) is 2.51. The molecule has 0 aromatic heterocycles. The fourth-order valence-electron chi connectivity index (χ4n) is 1.37. The number of aromatic carboxylic acids is 1. The summed E-state index contributed by atoms with van der Waals surface area (Å²) in [4.78, 5) is 21.7. The lowest BCUT2D eigenvalue weighted by Gasteiger charge is -2.17. The van der Waals surface area contributed by atoms with Crippen molar-refractivity contribution in [3.63, 3.8) is 0 Å². The zero-order valence-corrected chi connectivity index (χ0v) is 12.3. The van der Waals surface area contributed by atoms with Crippen LogP contribution in [0.5, 0.6) is 0 Å². The van der Waals surface area contributed by atoms with Crippen LogP contribution in [-0.2, 0) is 14.8 Å². The van der Waals surface area contributed by atoms with Crippen molar-refractivity contribution in [1.29, 1.82) is 0 Å². The van der Waals surface area contributed by atoms with Crippen LogP contribution in [0.4, 0.5) is 0 Å². The van der Waals surface area contributed by atoms with Gasteiger partial charge >= 0.3 is 5.97 Å². The Morgan fingerprint density at radius 2 is 2.00 bits per heavy atom. The first-order valence-electron chi connectivity index (χ1n) is 5.40. The topological polar surface area (TPSA) is 104 Å². The highest BCUT2D eigenvalue weighted by Crippen LogP contribution is 2.25. The van der Waals surface area contributed by atoms with E-state index in [1.807, 2.05) is 0 Å². The van der Waals surface area contributed by atoms with Crippen LogP contribution in [-0.4, -0.2) is 50.3 Å². The van der Waals surface area contributed by atoms with Crippen LogP contribution in [0.2, 0.25) is 5.02 Å². The van der Waals surface area contributed by atoms with Gasteiger partial charge in [0.1, 0.15) is 4.90 Å². The average Bonchev–Trinajstić information content (AvgIpc) is 2.38. The highest BCUT2D eigenvalue weighted by Gasteiger charge is 2.26. The molecule has 0 heterocycles. The van der Waals surface area contributed by atoms with Crippen LogP contribution in [0, 0.1) is 0 Å². The minimum absolute atomic E-state index is 0.112. The van der Waals surface area contributed by atoms with E-state index < -0.39 is 28.4 Å². The maximum Gasteiger partial charge on any atom is 0.335 e. The van der Waals surface area contributed by atoms with Crippen LogP contribution in [0.1, 0.15) is 10.4 Å². The lowest BCUT2D eigenvalue weighted by atomic mass is 10.2. The van der Waals surface area contributed by atoms with E-state index in [-0.39, 0.29) is 15.5 Å². The number of carbonyl (C=O) groups excluding carboxylic acids is 1. The molecule has 9 heteroatoms. The Morgan fingerprint density at radius 1 is 1.40 bits per heavy atom. The predicted octanol–water partition coefficient (Wildman–Crippen LogP) is 0.405. The Bertz CT molecular complexity index is 644. The highest BCUT2D eigenvalue weighted by atomic mass is 35.5. The molecule has 1 amide bonds. The molecule has 0 atom stereocenters. The monoisotopic (exact) mass is 320 g/mol. The SMILES string of the molecule is CNC(=O)CN(C)S(=O)(=O)c1cc(C(=O)O)ccc1Cl. The Labute approximate surface area is 121 Å². The van der Waals surface area contributed by atoms with Gasteiger partial charge < -0.3 is 10.4 Å². The number of carbonyl (C=O) groups is 2. The Hall–Kier alpha value is -1.64. The molecule has 1 rings (SSSR count). The number of carboxylic acid groups (broad SMARTS) is 1. The molecule has 2 N–H and O–H groups in total. The molecule has 0 spiro atoms. The number of halogens is 1. The Morgan fingerprint density at radius 3 is 2.50 bits per heavy atom. The summed E-state index contributed by atoms with van der Waals surface area (Å²) in [5, 5.41) is 11.1. The molecule has 0 radical (unpaired) electrons. The van der Waals surface area contributed by atoms with E-state index in [0.29, 0.717) is 0 Å². The summed E-state index contributed by atoms with van der Waals surface area (Å²) in [7, 11) is -1.48. The van der Waals surface area contributed by atoms with Gasteiger partial charge in [0.2, 0.25) is 15.9 Å². The summed E-state index contributed by atoms with van der Waals surface area (Å²) < 4.78 is 25.3. The summed E-state index contributed by atoms with van der Waals surface area (Å²) in [5.74, 6) is -1.77. The first-order chi connectivity index (χ1) is 9.20. The summed E-state index contributed by atoms with van der Waals surface area (Å²) in [5.41, 5.74) is -0.207. The minimum Gasteiger partial charge on any atom is -0.478 e. The number of nitrogens with zero attached hydrogens (tertiary/aromatic N) is 1. The molecule has 0 aliphatic heterocycles. The molecule has 0 saturated carbocycles. The number of nitrogens with one attached hydrogen (secondary N) is 1. The number of rotatable bonds is 5. The Balaban J connectivity index is 3.24. The fourth-order valence-corrected chi connectivity index (χ4v) is 2.99. The second-order valence-corrected chi connectivity index (χ2v) is 6.31. The van der Waals surface area contributed by atoms with E-state index in [1.165, 1.54) is 26.2 Å². The van der Waals surface area contributed by atoms with E-state index >= 15 is 0 Å². The fraction of sp³-hybridized carbons (Fsp3) is 0.273. The van der Waals surface area contributed by atoms with Crippen LogP contribution in [0.25, 0.3) is 0 Å². The van der Waals surface area contributed by atoms with E-state index in [9.17, 15) is 18.0 Å². The number of benzene rings is 1. The molecule has 20 heavy (non-hydrogen) atoms. The number of amides is 1. The van der Waals surface area contributed by atoms with Gasteiger partial charge in [-0.3, -0.25) is 4.79 Å². The number of sulfonamides is 1. The second kappa shape index (κ2) is 6.21. The lowest BCUT2D eigenvalue weighted by molar-refractivity contribution is -0.120. The minimum atomic E-state index is -4.05. The number of hydrogen-bond donors (Lipinski definition) is 2. The van der Waals surface area contributed by atoms with Crippen molar-refractivity contribution < 1.29 is 23.1 Å². The largest absolute Gasteiger partial charge is 0.478 e. The molecule has 0 bridgehead atoms. The maximum atomic E-state index is 12.2. The van der Waals surface area contributed by atoms with E-state index in [1.54, 1.807) is 0 Å². The number of carboxylic acids is 1. The van der Waals surface area contributed by atoms with E-state index in [0.717, 1.165) is 10.4 Å². The molecule has 7 nitrogen and oxygen atoms in total. The van der Waals surface area contributed by atoms with Gasteiger partial charge in [0.05, 0.1) is 17.1 Å². The third kappa shape index (κ3) is 3.47. The molecule has 0 fully saturated rings. The van der Waals surface area contributed by atoms with Gasteiger partial charge in [-0.2, -0.15) is 4.31 Å². The molecule has 0 saturated heterocycles. The molecular weight excluding hydrogens is 308 g/mol. The summed E-state index contributed by atoms with van der Waals surface area (Å²) in [6.07, 6.45) is 0. The van der Waals surface area contributed by atoms with E-state index in [4.69, 9.17) is 16.7 Å². The molecule has 0 aliphatic carbocycles. The normalized spacial score (nSPS) is 11.4. The van der Waals surface area contributed by atoms with Crippen molar-refractivity contribution in [2.75, 3.05) is 20.6 Å². The first-order valence-corrected chi connectivity index (χ1v) is 7.21. The summed E-state index contributed by atoms with van der Waals surface area (Å²) >= 11 is 5.80. The zero-order chi connectivity index (χ0) is 15.5. The molecular formula is C11H13ClN2O5S. The quantitative estimate of drug-likeness (QED) is 0.817. The summed E-state index contributed by atoms with van der Waals surface area (Å²) in [6, 6.07) is 3.34. The van der Waals surface area contributed by atoms with Gasteiger partial charge in [0.25, 0.3) is 0 Å². The van der Waals surface area contributed by atoms with Crippen molar-refractivity contribution in [2.24, 2.45) is 0 Å². The van der Waals surface area contributed by atoms with Gasteiger partial charge in [0.15, 0.2) is 0 Å². The predicted molar refractivity (Wildman–Crippen MR) is 72.3 cm³/mol. The van der Waals surface area contributed by atoms with Gasteiger partial charge in [0, 0.05) is 14.1 Å². The van der Waals surface area contributed by atoms with Gasteiger partial charge in [-0.15, -0.1) is 0 Å². The van der Waals surface area contributed by atoms with Crippen LogP contribution in [0.15, 0.2) is 23.1 Å². The van der Waals surface area contributed by atoms with Crippen LogP contribution in [0.3, 0.4) is 0 Å². The lowest BCUT2D eigenvalue weighted by Crippen LogP contribution is -2.37. The first kappa shape index (κ1) is 16.4. The third-order valence-corrected chi connectivity index (χ3v) is 4.80.